The minimum Gasteiger partial charge on any atom is -0.284 e. The number of rotatable bonds is 8. The third-order valence-corrected chi connectivity index (χ3v) is 5.92. The first-order chi connectivity index (χ1) is 15.1. The summed E-state index contributed by atoms with van der Waals surface area (Å²) in [7, 11) is 0. The van der Waals surface area contributed by atoms with Crippen LogP contribution in [0.15, 0.2) is 72.6 Å². The average Bonchev–Trinajstić information content (AvgIpc) is 3.38. The Labute approximate surface area is 184 Å². The molecule has 7 heteroatoms. The van der Waals surface area contributed by atoms with Gasteiger partial charge in [-0.2, -0.15) is 0 Å². The van der Waals surface area contributed by atoms with Crippen LogP contribution in [0.2, 0.25) is 0 Å². The molecular formula is C24H21N3O3S. The lowest BCUT2D eigenvalue weighted by atomic mass is 10.1. The highest BCUT2D eigenvalue weighted by atomic mass is 32.1. The fourth-order valence-corrected chi connectivity index (χ4v) is 4.37. The Morgan fingerprint density at radius 3 is 2.32 bits per heavy atom. The van der Waals surface area contributed by atoms with Crippen molar-refractivity contribution in [3.8, 4) is 11.3 Å². The summed E-state index contributed by atoms with van der Waals surface area (Å²) in [5, 5.41) is 2.52. The third kappa shape index (κ3) is 4.18. The van der Waals surface area contributed by atoms with Crippen molar-refractivity contribution in [1.29, 1.82) is 0 Å². The van der Waals surface area contributed by atoms with E-state index in [1.54, 1.807) is 35.2 Å². The van der Waals surface area contributed by atoms with Crippen molar-refractivity contribution < 1.29 is 14.4 Å². The number of aromatic nitrogens is 1. The van der Waals surface area contributed by atoms with Gasteiger partial charge in [-0.15, -0.1) is 17.9 Å². The van der Waals surface area contributed by atoms with E-state index in [2.05, 4.69) is 11.6 Å². The minimum absolute atomic E-state index is 0.120. The largest absolute Gasteiger partial charge is 0.284 e. The van der Waals surface area contributed by atoms with Crippen LogP contribution in [0, 0.1) is 0 Å². The van der Waals surface area contributed by atoms with Crippen molar-refractivity contribution in [2.45, 2.75) is 12.8 Å². The van der Waals surface area contributed by atoms with E-state index in [4.69, 9.17) is 0 Å². The molecule has 0 spiro atoms. The Morgan fingerprint density at radius 2 is 1.68 bits per heavy atom. The molecule has 0 saturated heterocycles. The van der Waals surface area contributed by atoms with Gasteiger partial charge in [-0.05, 0) is 18.6 Å². The number of carbonyl (C=O) groups excluding carboxylic acids is 3. The molecule has 0 bridgehead atoms. The lowest BCUT2D eigenvalue weighted by Gasteiger charge is -2.19. The molecule has 3 aromatic rings. The lowest BCUT2D eigenvalue weighted by molar-refractivity contribution is -0.118. The molecule has 0 saturated carbocycles. The standard InChI is InChI=1S/C24H21N3O3S/c1-2-14-26(24-25-20(16-31-24)17-9-4-3-5-10-17)21(28)13-8-15-27-22(29)18-11-6-7-12-19(18)23(27)30/h2-7,9-12,16H,1,8,13-15H2. The van der Waals surface area contributed by atoms with Crippen molar-refractivity contribution in [2.24, 2.45) is 0 Å². The summed E-state index contributed by atoms with van der Waals surface area (Å²) in [6.45, 7) is 4.29. The first-order valence-corrected chi connectivity index (χ1v) is 10.9. The Bertz CT molecular complexity index is 1100. The van der Waals surface area contributed by atoms with Crippen LogP contribution >= 0.6 is 11.3 Å². The number of thiazole rings is 1. The quantitative estimate of drug-likeness (QED) is 0.391. The van der Waals surface area contributed by atoms with E-state index in [1.165, 1.54) is 16.2 Å². The lowest BCUT2D eigenvalue weighted by Crippen LogP contribution is -2.34. The van der Waals surface area contributed by atoms with Gasteiger partial charge in [0.15, 0.2) is 5.13 Å². The van der Waals surface area contributed by atoms with Gasteiger partial charge in [0.1, 0.15) is 0 Å². The van der Waals surface area contributed by atoms with Crippen LogP contribution in [0.5, 0.6) is 0 Å². The summed E-state index contributed by atoms with van der Waals surface area (Å²) in [6.07, 6.45) is 2.24. The van der Waals surface area contributed by atoms with Gasteiger partial charge in [-0.25, -0.2) is 4.98 Å². The monoisotopic (exact) mass is 431 g/mol. The van der Waals surface area contributed by atoms with E-state index in [0.29, 0.717) is 29.2 Å². The molecular weight excluding hydrogens is 410 g/mol. The SMILES string of the molecule is C=CCN(C(=O)CCCN1C(=O)c2ccccc2C1=O)c1nc(-c2ccccc2)cs1. The number of hydrogen-bond donors (Lipinski definition) is 0. The molecule has 3 amide bonds. The first-order valence-electron chi connectivity index (χ1n) is 9.97. The predicted octanol–water partition coefficient (Wildman–Crippen LogP) is 4.41. The molecule has 4 rings (SSSR count). The predicted molar refractivity (Wildman–Crippen MR) is 121 cm³/mol. The third-order valence-electron chi connectivity index (χ3n) is 5.06. The van der Waals surface area contributed by atoms with Gasteiger partial charge in [0.05, 0.1) is 16.8 Å². The summed E-state index contributed by atoms with van der Waals surface area (Å²) in [5.74, 6) is -0.725. The summed E-state index contributed by atoms with van der Waals surface area (Å²) in [6, 6.07) is 16.6. The maximum Gasteiger partial charge on any atom is 0.261 e. The molecule has 0 radical (unpaired) electrons. The van der Waals surface area contributed by atoms with Crippen LogP contribution < -0.4 is 4.90 Å². The molecule has 156 valence electrons. The Morgan fingerprint density at radius 1 is 1.03 bits per heavy atom. The number of nitrogens with zero attached hydrogens (tertiary/aromatic N) is 3. The van der Waals surface area contributed by atoms with Crippen molar-refractivity contribution in [1.82, 2.24) is 9.88 Å². The van der Waals surface area contributed by atoms with Crippen LogP contribution in [0.3, 0.4) is 0 Å². The highest BCUT2D eigenvalue weighted by Gasteiger charge is 2.34. The van der Waals surface area contributed by atoms with Crippen LogP contribution in [0.1, 0.15) is 33.6 Å². The second kappa shape index (κ2) is 9.06. The Kier molecular flexibility index (Phi) is 6.04. The van der Waals surface area contributed by atoms with E-state index in [1.807, 2.05) is 35.7 Å². The van der Waals surface area contributed by atoms with Crippen LogP contribution in [0.25, 0.3) is 11.3 Å². The number of anilines is 1. The van der Waals surface area contributed by atoms with Gasteiger partial charge in [-0.3, -0.25) is 24.2 Å². The summed E-state index contributed by atoms with van der Waals surface area (Å²) >= 11 is 1.40. The Balaban J connectivity index is 1.40. The summed E-state index contributed by atoms with van der Waals surface area (Å²) < 4.78 is 0. The highest BCUT2D eigenvalue weighted by Crippen LogP contribution is 2.28. The van der Waals surface area contributed by atoms with E-state index in [0.717, 1.165) is 11.3 Å². The van der Waals surface area contributed by atoms with E-state index in [-0.39, 0.29) is 30.7 Å². The topological polar surface area (TPSA) is 70.6 Å². The van der Waals surface area contributed by atoms with Gasteiger partial charge in [0, 0.05) is 30.5 Å². The van der Waals surface area contributed by atoms with Crippen molar-refractivity contribution >= 4 is 34.2 Å². The highest BCUT2D eigenvalue weighted by molar-refractivity contribution is 7.14. The zero-order valence-corrected chi connectivity index (χ0v) is 17.7. The van der Waals surface area contributed by atoms with E-state index < -0.39 is 0 Å². The van der Waals surface area contributed by atoms with Gasteiger partial charge in [-0.1, -0.05) is 48.5 Å². The molecule has 0 fully saturated rings. The van der Waals surface area contributed by atoms with E-state index in [9.17, 15) is 14.4 Å². The smallest absolute Gasteiger partial charge is 0.261 e. The molecule has 1 aromatic heterocycles. The van der Waals surface area contributed by atoms with Crippen molar-refractivity contribution in [3.05, 3.63) is 83.8 Å². The van der Waals surface area contributed by atoms with Crippen molar-refractivity contribution in [3.63, 3.8) is 0 Å². The molecule has 2 heterocycles. The summed E-state index contributed by atoms with van der Waals surface area (Å²) in [5.41, 5.74) is 2.64. The molecule has 2 aromatic carbocycles. The molecule has 6 nitrogen and oxygen atoms in total. The number of amides is 3. The number of benzene rings is 2. The van der Waals surface area contributed by atoms with Crippen molar-refractivity contribution in [2.75, 3.05) is 18.0 Å². The van der Waals surface area contributed by atoms with Gasteiger partial charge in [0.25, 0.3) is 11.8 Å². The molecule has 0 atom stereocenters. The molecule has 1 aliphatic rings. The number of imide groups is 1. The minimum atomic E-state index is -0.302. The zero-order chi connectivity index (χ0) is 21.8. The van der Waals surface area contributed by atoms with Crippen LogP contribution in [-0.4, -0.2) is 40.7 Å². The van der Waals surface area contributed by atoms with Crippen LogP contribution in [0.4, 0.5) is 5.13 Å². The molecule has 0 aliphatic carbocycles. The molecule has 0 N–H and O–H groups in total. The first kappa shape index (κ1) is 20.7. The van der Waals surface area contributed by atoms with Gasteiger partial charge < -0.3 is 0 Å². The van der Waals surface area contributed by atoms with E-state index >= 15 is 0 Å². The zero-order valence-electron chi connectivity index (χ0n) is 16.9. The number of carbonyl (C=O) groups is 3. The average molecular weight is 432 g/mol. The number of fused-ring (bicyclic) bond motifs is 1. The summed E-state index contributed by atoms with van der Waals surface area (Å²) in [4.78, 5) is 45.2. The van der Waals surface area contributed by atoms with Crippen LogP contribution in [-0.2, 0) is 4.79 Å². The maximum atomic E-state index is 12.9. The fourth-order valence-electron chi connectivity index (χ4n) is 3.51. The molecule has 31 heavy (non-hydrogen) atoms. The second-order valence-corrected chi connectivity index (χ2v) is 7.92. The number of hydrogen-bond acceptors (Lipinski definition) is 5. The van der Waals surface area contributed by atoms with Gasteiger partial charge in [0.2, 0.25) is 5.91 Å². The second-order valence-electron chi connectivity index (χ2n) is 7.09. The molecule has 1 aliphatic heterocycles. The molecule has 0 unspecified atom stereocenters. The maximum absolute atomic E-state index is 12.9. The Hall–Kier alpha value is -3.58. The van der Waals surface area contributed by atoms with Gasteiger partial charge >= 0.3 is 0 Å². The normalized spacial score (nSPS) is 12.7. The fraction of sp³-hybridized carbons (Fsp3) is 0.167.